The Balaban J connectivity index is 3.09. The van der Waals surface area contributed by atoms with E-state index < -0.39 is 11.4 Å². The van der Waals surface area contributed by atoms with Gasteiger partial charge < -0.3 is 4.74 Å². The summed E-state index contributed by atoms with van der Waals surface area (Å²) in [5, 5.41) is 0. The van der Waals surface area contributed by atoms with Crippen molar-refractivity contribution in [1.82, 2.24) is 0 Å². The highest BCUT2D eigenvalue weighted by atomic mass is 79.9. The number of halogens is 1. The van der Waals surface area contributed by atoms with Gasteiger partial charge in [-0.25, -0.2) is 0 Å². The molecule has 0 aliphatic rings. The van der Waals surface area contributed by atoms with Crippen LogP contribution in [0.1, 0.15) is 36.7 Å². The van der Waals surface area contributed by atoms with Gasteiger partial charge in [-0.3, -0.25) is 9.59 Å². The molecule has 0 atom stereocenters. The lowest BCUT2D eigenvalue weighted by atomic mass is 9.84. The number of aryl methyl sites for hydroxylation is 1. The Morgan fingerprint density at radius 1 is 1.33 bits per heavy atom. The zero-order valence-corrected chi connectivity index (χ0v) is 12.6. The summed E-state index contributed by atoms with van der Waals surface area (Å²) in [6.07, 6.45) is 0. The molecule has 0 aromatic heterocycles. The van der Waals surface area contributed by atoms with Gasteiger partial charge in [-0.1, -0.05) is 22.0 Å². The van der Waals surface area contributed by atoms with Crippen molar-refractivity contribution in [3.05, 3.63) is 33.8 Å². The van der Waals surface area contributed by atoms with E-state index in [0.29, 0.717) is 10.0 Å². The summed E-state index contributed by atoms with van der Waals surface area (Å²) < 4.78 is 5.64. The number of hydrogen-bond donors (Lipinski definition) is 0. The van der Waals surface area contributed by atoms with Crippen molar-refractivity contribution < 1.29 is 14.3 Å². The van der Waals surface area contributed by atoms with Gasteiger partial charge in [-0.05, 0) is 45.4 Å². The standard InChI is InChI=1S/C14H17BrO3/c1-5-18-13(17)14(3,4)12(16)10-7-6-9(2)8-11(10)15/h6-8H,5H2,1-4H3. The fraction of sp³-hybridized carbons (Fsp3) is 0.429. The van der Waals surface area contributed by atoms with Crippen LogP contribution in [0.4, 0.5) is 0 Å². The first-order valence-corrected chi connectivity index (χ1v) is 6.58. The first-order valence-electron chi connectivity index (χ1n) is 5.79. The quantitative estimate of drug-likeness (QED) is 0.485. The number of hydrogen-bond acceptors (Lipinski definition) is 3. The number of benzene rings is 1. The van der Waals surface area contributed by atoms with Gasteiger partial charge in [0.2, 0.25) is 0 Å². The molecule has 0 spiro atoms. The zero-order chi connectivity index (χ0) is 13.9. The Bertz CT molecular complexity index is 478. The van der Waals surface area contributed by atoms with E-state index >= 15 is 0 Å². The third-order valence-corrected chi connectivity index (χ3v) is 3.38. The molecule has 0 saturated heterocycles. The Hall–Kier alpha value is -1.16. The highest BCUT2D eigenvalue weighted by Gasteiger charge is 2.38. The van der Waals surface area contributed by atoms with Crippen LogP contribution in [0.15, 0.2) is 22.7 Å². The molecule has 0 bridgehead atoms. The smallest absolute Gasteiger partial charge is 0.319 e. The van der Waals surface area contributed by atoms with E-state index in [-0.39, 0.29) is 12.4 Å². The molecular weight excluding hydrogens is 296 g/mol. The van der Waals surface area contributed by atoms with Crippen LogP contribution in [0.5, 0.6) is 0 Å². The Labute approximate surface area is 116 Å². The Morgan fingerprint density at radius 2 is 1.94 bits per heavy atom. The van der Waals surface area contributed by atoms with Gasteiger partial charge in [0.25, 0.3) is 0 Å². The minimum absolute atomic E-state index is 0.243. The summed E-state index contributed by atoms with van der Waals surface area (Å²) in [6, 6.07) is 5.43. The second kappa shape index (κ2) is 5.65. The number of esters is 1. The van der Waals surface area contributed by atoms with Crippen molar-refractivity contribution in [1.29, 1.82) is 0 Å². The molecule has 1 aromatic rings. The Kier molecular flexibility index (Phi) is 4.68. The van der Waals surface area contributed by atoms with Crippen molar-refractivity contribution in [3.8, 4) is 0 Å². The zero-order valence-electron chi connectivity index (χ0n) is 11.0. The molecule has 0 aliphatic heterocycles. The molecule has 1 rings (SSSR count). The van der Waals surface area contributed by atoms with Crippen LogP contribution in [0.25, 0.3) is 0 Å². The molecule has 0 aliphatic carbocycles. The van der Waals surface area contributed by atoms with E-state index in [1.54, 1.807) is 26.8 Å². The van der Waals surface area contributed by atoms with Crippen LogP contribution in [0, 0.1) is 12.3 Å². The van der Waals surface area contributed by atoms with Crippen LogP contribution in [0.2, 0.25) is 0 Å². The molecule has 0 fully saturated rings. The van der Waals surface area contributed by atoms with Gasteiger partial charge in [-0.15, -0.1) is 0 Å². The molecule has 4 heteroatoms. The van der Waals surface area contributed by atoms with Gasteiger partial charge in [0.1, 0.15) is 5.41 Å². The van der Waals surface area contributed by atoms with Crippen LogP contribution < -0.4 is 0 Å². The largest absolute Gasteiger partial charge is 0.465 e. The van der Waals surface area contributed by atoms with E-state index in [0.717, 1.165) is 5.56 Å². The summed E-state index contributed by atoms with van der Waals surface area (Å²) in [5.74, 6) is -0.740. The summed E-state index contributed by atoms with van der Waals surface area (Å²) in [6.45, 7) is 7.10. The molecule has 0 N–H and O–H groups in total. The second-order valence-corrected chi connectivity index (χ2v) is 5.51. The fourth-order valence-corrected chi connectivity index (χ4v) is 2.22. The van der Waals surface area contributed by atoms with Crippen molar-refractivity contribution >= 4 is 27.7 Å². The number of ketones is 1. The minimum Gasteiger partial charge on any atom is -0.465 e. The SMILES string of the molecule is CCOC(=O)C(C)(C)C(=O)c1ccc(C)cc1Br. The maximum atomic E-state index is 12.4. The number of rotatable bonds is 4. The molecule has 0 saturated carbocycles. The average molecular weight is 313 g/mol. The lowest BCUT2D eigenvalue weighted by molar-refractivity contribution is -0.150. The summed E-state index contributed by atoms with van der Waals surface area (Å²) >= 11 is 3.36. The van der Waals surface area contributed by atoms with E-state index in [1.165, 1.54) is 0 Å². The normalized spacial score (nSPS) is 11.2. The fourth-order valence-electron chi connectivity index (χ4n) is 1.55. The van der Waals surface area contributed by atoms with Crippen molar-refractivity contribution in [2.75, 3.05) is 6.61 Å². The minimum atomic E-state index is -1.17. The summed E-state index contributed by atoms with van der Waals surface area (Å²) in [4.78, 5) is 24.2. The topological polar surface area (TPSA) is 43.4 Å². The van der Waals surface area contributed by atoms with E-state index in [2.05, 4.69) is 15.9 Å². The molecule has 18 heavy (non-hydrogen) atoms. The summed E-state index contributed by atoms with van der Waals surface area (Å²) in [5.41, 5.74) is 0.374. The van der Waals surface area contributed by atoms with E-state index in [9.17, 15) is 9.59 Å². The first kappa shape index (κ1) is 14.9. The van der Waals surface area contributed by atoms with E-state index in [1.807, 2.05) is 19.1 Å². The predicted octanol–water partition coefficient (Wildman–Crippen LogP) is 3.53. The molecule has 0 heterocycles. The van der Waals surface area contributed by atoms with Gasteiger partial charge in [0.05, 0.1) is 6.61 Å². The van der Waals surface area contributed by atoms with Crippen LogP contribution in [-0.4, -0.2) is 18.4 Å². The molecule has 0 amide bonds. The monoisotopic (exact) mass is 312 g/mol. The molecular formula is C14H17BrO3. The molecule has 1 aromatic carbocycles. The van der Waals surface area contributed by atoms with Crippen LogP contribution in [0.3, 0.4) is 0 Å². The lowest BCUT2D eigenvalue weighted by Crippen LogP contribution is -2.35. The van der Waals surface area contributed by atoms with Crippen molar-refractivity contribution in [3.63, 3.8) is 0 Å². The Morgan fingerprint density at radius 3 is 2.44 bits per heavy atom. The number of carbonyl (C=O) groups excluding carboxylic acids is 2. The molecule has 98 valence electrons. The molecule has 3 nitrogen and oxygen atoms in total. The highest BCUT2D eigenvalue weighted by molar-refractivity contribution is 9.10. The second-order valence-electron chi connectivity index (χ2n) is 4.66. The highest BCUT2D eigenvalue weighted by Crippen LogP contribution is 2.28. The maximum absolute atomic E-state index is 12.4. The van der Waals surface area contributed by atoms with Crippen LogP contribution >= 0.6 is 15.9 Å². The summed E-state index contributed by atoms with van der Waals surface area (Å²) in [7, 11) is 0. The third kappa shape index (κ3) is 2.99. The van der Waals surface area contributed by atoms with Crippen LogP contribution in [-0.2, 0) is 9.53 Å². The molecule has 0 radical (unpaired) electrons. The average Bonchev–Trinajstić information content (AvgIpc) is 2.28. The molecule has 0 unspecified atom stereocenters. The third-order valence-electron chi connectivity index (χ3n) is 2.72. The number of Topliss-reactive ketones (excluding diaryl/α,β-unsaturated/α-hetero) is 1. The van der Waals surface area contributed by atoms with E-state index in [4.69, 9.17) is 4.74 Å². The number of ether oxygens (including phenoxy) is 1. The van der Waals surface area contributed by atoms with Gasteiger partial charge >= 0.3 is 5.97 Å². The van der Waals surface area contributed by atoms with Gasteiger partial charge in [0, 0.05) is 10.0 Å². The lowest BCUT2D eigenvalue weighted by Gasteiger charge is -2.21. The van der Waals surface area contributed by atoms with Crippen molar-refractivity contribution in [2.45, 2.75) is 27.7 Å². The van der Waals surface area contributed by atoms with Gasteiger partial charge in [0.15, 0.2) is 5.78 Å². The first-order chi connectivity index (χ1) is 8.30. The van der Waals surface area contributed by atoms with Gasteiger partial charge in [-0.2, -0.15) is 0 Å². The number of carbonyl (C=O) groups is 2. The van der Waals surface area contributed by atoms with Crippen molar-refractivity contribution in [2.24, 2.45) is 5.41 Å². The maximum Gasteiger partial charge on any atom is 0.319 e. The predicted molar refractivity (Wildman–Crippen MR) is 73.6 cm³/mol.